The average molecular weight is 457 g/mol. The van der Waals surface area contributed by atoms with Gasteiger partial charge in [0.15, 0.2) is 5.78 Å². The van der Waals surface area contributed by atoms with Gasteiger partial charge in [0, 0.05) is 62.9 Å². The topological polar surface area (TPSA) is 73.4 Å². The van der Waals surface area contributed by atoms with Crippen molar-refractivity contribution in [1.29, 1.82) is 5.41 Å². The molecule has 162 valence electrons. The smallest absolute Gasteiger partial charge is 0.173 e. The Hall–Kier alpha value is -2.64. The zero-order valence-electron chi connectivity index (χ0n) is 17.7. The number of nitrogens with one attached hydrogen (secondary N) is 1. The normalized spacial score (nSPS) is 13.6. The summed E-state index contributed by atoms with van der Waals surface area (Å²) in [5, 5.41) is 12.8. The highest BCUT2D eigenvalue weighted by Gasteiger charge is 2.19. The van der Waals surface area contributed by atoms with Gasteiger partial charge in [0.1, 0.15) is 17.3 Å². The Morgan fingerprint density at radius 1 is 1.23 bits per heavy atom. The molecule has 0 bridgehead atoms. The molecule has 3 heterocycles. The summed E-state index contributed by atoms with van der Waals surface area (Å²) >= 11 is 7.21. The first-order valence-corrected chi connectivity index (χ1v) is 11.5. The van der Waals surface area contributed by atoms with Gasteiger partial charge in [-0.15, -0.1) is 11.3 Å². The highest BCUT2D eigenvalue weighted by molar-refractivity contribution is 7.18. The fraction of sp³-hybridized carbons (Fsp3) is 0.348. The molecule has 0 atom stereocenters. The lowest BCUT2D eigenvalue weighted by atomic mass is 10.0. The molecule has 0 spiro atoms. The third-order valence-electron chi connectivity index (χ3n) is 5.46. The molecule has 1 aliphatic heterocycles. The van der Waals surface area contributed by atoms with Crippen molar-refractivity contribution < 1.29 is 9.32 Å². The lowest BCUT2D eigenvalue weighted by Crippen LogP contribution is -2.27. The van der Waals surface area contributed by atoms with Gasteiger partial charge in [-0.2, -0.15) is 0 Å². The fourth-order valence-electron chi connectivity index (χ4n) is 3.77. The number of hydrogen-bond acceptors (Lipinski definition) is 6. The number of thiophene rings is 1. The number of amidine groups is 1. The maximum Gasteiger partial charge on any atom is 0.173 e. The van der Waals surface area contributed by atoms with Crippen molar-refractivity contribution in [3.8, 4) is 11.3 Å². The summed E-state index contributed by atoms with van der Waals surface area (Å²) in [6, 6.07) is 11.4. The first-order chi connectivity index (χ1) is 14.9. The van der Waals surface area contributed by atoms with Crippen molar-refractivity contribution in [2.75, 3.05) is 32.1 Å². The molecule has 1 N–H and O–H groups in total. The number of likely N-dealkylation sites (tertiary alicyclic amines) is 1. The van der Waals surface area contributed by atoms with Gasteiger partial charge in [0.25, 0.3) is 0 Å². The van der Waals surface area contributed by atoms with Crippen LogP contribution in [-0.2, 0) is 6.42 Å². The van der Waals surface area contributed by atoms with Crippen molar-refractivity contribution >= 4 is 40.2 Å². The fourth-order valence-corrected chi connectivity index (χ4v) is 4.78. The summed E-state index contributed by atoms with van der Waals surface area (Å²) in [6.07, 6.45) is 3.11. The van der Waals surface area contributed by atoms with Crippen LogP contribution in [0.5, 0.6) is 0 Å². The number of halogens is 1. The number of Topliss-reactive ketones (excluding diaryl/α,β-unsaturated/α-hetero) is 1. The monoisotopic (exact) mass is 456 g/mol. The van der Waals surface area contributed by atoms with Crippen molar-refractivity contribution in [2.45, 2.75) is 25.7 Å². The Morgan fingerprint density at radius 3 is 2.68 bits per heavy atom. The summed E-state index contributed by atoms with van der Waals surface area (Å²) in [5.74, 6) is 1.29. The van der Waals surface area contributed by atoms with Crippen LogP contribution in [-0.4, -0.2) is 48.9 Å². The molecule has 3 aromatic rings. The molecule has 0 unspecified atom stereocenters. The first-order valence-electron chi connectivity index (χ1n) is 10.3. The number of ketones is 1. The number of rotatable bonds is 7. The van der Waals surface area contributed by atoms with E-state index < -0.39 is 0 Å². The van der Waals surface area contributed by atoms with Crippen molar-refractivity contribution in [3.05, 3.63) is 56.9 Å². The van der Waals surface area contributed by atoms with Crippen LogP contribution in [0.2, 0.25) is 4.34 Å². The third-order valence-corrected chi connectivity index (χ3v) is 6.73. The van der Waals surface area contributed by atoms with E-state index in [4.69, 9.17) is 21.5 Å². The standard InChI is InChI=1S/C23H25ClN4O2S/c1-27(2)19-13-15(23(25)28-11-3-4-12-28)5-7-17(19)18-14-16(30-26-18)6-8-20(29)21-9-10-22(24)31-21/h5,7,9-10,13-14,25H,3-4,6,8,11-12H2,1-2H3. The highest BCUT2D eigenvalue weighted by atomic mass is 35.5. The molecule has 4 rings (SSSR count). The number of aromatic nitrogens is 1. The number of nitrogens with zero attached hydrogens (tertiary/aromatic N) is 3. The van der Waals surface area contributed by atoms with Crippen LogP contribution in [0.3, 0.4) is 0 Å². The molecule has 8 heteroatoms. The van der Waals surface area contributed by atoms with Crippen LogP contribution in [0.25, 0.3) is 11.3 Å². The molecule has 1 fully saturated rings. The summed E-state index contributed by atoms with van der Waals surface area (Å²) in [4.78, 5) is 17.1. The Bertz CT molecular complexity index is 1100. The highest BCUT2D eigenvalue weighted by Crippen LogP contribution is 2.32. The molecular weight excluding hydrogens is 432 g/mol. The van der Waals surface area contributed by atoms with E-state index in [1.807, 2.05) is 43.3 Å². The van der Waals surface area contributed by atoms with Gasteiger partial charge >= 0.3 is 0 Å². The average Bonchev–Trinajstić information content (AvgIpc) is 3.52. The second-order valence-electron chi connectivity index (χ2n) is 7.87. The first kappa shape index (κ1) is 21.6. The van der Waals surface area contributed by atoms with Gasteiger partial charge in [-0.05, 0) is 37.1 Å². The van der Waals surface area contributed by atoms with E-state index in [1.165, 1.54) is 11.3 Å². The summed E-state index contributed by atoms with van der Waals surface area (Å²) in [5.41, 5.74) is 3.54. The Morgan fingerprint density at radius 2 is 2.00 bits per heavy atom. The summed E-state index contributed by atoms with van der Waals surface area (Å²) in [7, 11) is 3.96. The predicted octanol–water partition coefficient (Wildman–Crippen LogP) is 5.36. The van der Waals surface area contributed by atoms with Gasteiger partial charge in [-0.3, -0.25) is 10.2 Å². The van der Waals surface area contributed by atoms with E-state index in [1.54, 1.807) is 12.1 Å². The molecule has 0 amide bonds. The van der Waals surface area contributed by atoms with E-state index >= 15 is 0 Å². The van der Waals surface area contributed by atoms with E-state index in [9.17, 15) is 4.79 Å². The van der Waals surface area contributed by atoms with Crippen molar-refractivity contribution in [1.82, 2.24) is 10.1 Å². The number of aryl methyl sites for hydroxylation is 1. The van der Waals surface area contributed by atoms with Gasteiger partial charge < -0.3 is 14.3 Å². The maximum absolute atomic E-state index is 12.3. The van der Waals surface area contributed by atoms with E-state index in [-0.39, 0.29) is 5.78 Å². The Kier molecular flexibility index (Phi) is 6.43. The van der Waals surface area contributed by atoms with Crippen LogP contribution in [0.4, 0.5) is 5.69 Å². The number of hydrogen-bond donors (Lipinski definition) is 1. The van der Waals surface area contributed by atoms with Crippen LogP contribution in [0.15, 0.2) is 40.9 Å². The number of carbonyl (C=O) groups excluding carboxylic acids is 1. The van der Waals surface area contributed by atoms with Gasteiger partial charge in [-0.1, -0.05) is 22.8 Å². The van der Waals surface area contributed by atoms with E-state index in [0.29, 0.717) is 33.7 Å². The Labute approximate surface area is 190 Å². The molecule has 0 aliphatic carbocycles. The SMILES string of the molecule is CN(C)c1cc(C(=N)N2CCCC2)ccc1-c1cc(CCC(=O)c2ccc(Cl)s2)on1. The zero-order valence-corrected chi connectivity index (χ0v) is 19.2. The molecule has 2 aromatic heterocycles. The molecule has 6 nitrogen and oxygen atoms in total. The quantitative estimate of drug-likeness (QED) is 0.294. The largest absolute Gasteiger partial charge is 0.377 e. The third kappa shape index (κ3) is 4.83. The Balaban J connectivity index is 1.50. The summed E-state index contributed by atoms with van der Waals surface area (Å²) in [6.45, 7) is 1.89. The minimum atomic E-state index is 0.0496. The van der Waals surface area contributed by atoms with Crippen LogP contribution in [0.1, 0.15) is 40.3 Å². The molecular formula is C23H25ClN4O2S. The van der Waals surface area contributed by atoms with Gasteiger partial charge in [0.05, 0.1) is 9.21 Å². The minimum absolute atomic E-state index is 0.0496. The van der Waals surface area contributed by atoms with Crippen molar-refractivity contribution in [3.63, 3.8) is 0 Å². The van der Waals surface area contributed by atoms with Gasteiger partial charge in [0.2, 0.25) is 0 Å². The lowest BCUT2D eigenvalue weighted by Gasteiger charge is -2.22. The molecule has 31 heavy (non-hydrogen) atoms. The second kappa shape index (κ2) is 9.24. The van der Waals surface area contributed by atoms with Crippen LogP contribution in [0, 0.1) is 5.41 Å². The van der Waals surface area contributed by atoms with Crippen molar-refractivity contribution in [2.24, 2.45) is 0 Å². The van der Waals surface area contributed by atoms with Crippen LogP contribution < -0.4 is 4.90 Å². The molecule has 0 radical (unpaired) electrons. The minimum Gasteiger partial charge on any atom is -0.377 e. The molecule has 0 saturated carbocycles. The second-order valence-corrected chi connectivity index (χ2v) is 9.59. The molecule has 1 aromatic carbocycles. The number of benzene rings is 1. The van der Waals surface area contributed by atoms with E-state index in [2.05, 4.69) is 10.1 Å². The number of anilines is 1. The predicted molar refractivity (Wildman–Crippen MR) is 126 cm³/mol. The lowest BCUT2D eigenvalue weighted by molar-refractivity contribution is 0.0984. The van der Waals surface area contributed by atoms with E-state index in [0.717, 1.165) is 48.4 Å². The van der Waals surface area contributed by atoms with Gasteiger partial charge in [-0.25, -0.2) is 0 Å². The zero-order chi connectivity index (χ0) is 22.0. The summed E-state index contributed by atoms with van der Waals surface area (Å²) < 4.78 is 6.12. The maximum atomic E-state index is 12.3. The molecule has 1 saturated heterocycles. The number of carbonyl (C=O) groups is 1. The van der Waals surface area contributed by atoms with Crippen LogP contribution >= 0.6 is 22.9 Å². The molecule has 1 aliphatic rings.